The molecule has 0 spiro atoms. The fourth-order valence-corrected chi connectivity index (χ4v) is 5.76. The summed E-state index contributed by atoms with van der Waals surface area (Å²) in [6, 6.07) is 6.18. The van der Waals surface area contributed by atoms with Gasteiger partial charge >= 0.3 is 0 Å². The third-order valence-corrected chi connectivity index (χ3v) is 7.10. The minimum Gasteiger partial charge on any atom is -0.384 e. The molecule has 1 aliphatic heterocycles. The molecule has 2 aromatic rings. The first kappa shape index (κ1) is 23.1. The molecule has 0 bridgehead atoms. The summed E-state index contributed by atoms with van der Waals surface area (Å²) in [6.07, 6.45) is 2.38. The molecule has 1 saturated heterocycles. The van der Waals surface area contributed by atoms with Crippen molar-refractivity contribution in [2.24, 2.45) is 27.7 Å². The zero-order chi connectivity index (χ0) is 22.6. The van der Waals surface area contributed by atoms with Gasteiger partial charge in [0.15, 0.2) is 5.84 Å². The maximum Gasteiger partial charge on any atom is 0.240 e. The first-order chi connectivity index (χ1) is 14.7. The predicted molar refractivity (Wildman–Crippen MR) is 119 cm³/mol. The smallest absolute Gasteiger partial charge is 0.240 e. The molecular formula is C17H25N9O3S2. The summed E-state index contributed by atoms with van der Waals surface area (Å²) in [5.74, 6) is 5.56. The quantitative estimate of drug-likeness (QED) is 0.101. The fraction of sp³-hybridized carbons (Fsp3) is 0.294. The first-order valence-corrected chi connectivity index (χ1v) is 12.0. The van der Waals surface area contributed by atoms with E-state index in [0.29, 0.717) is 17.7 Å². The summed E-state index contributed by atoms with van der Waals surface area (Å²) < 4.78 is 41.1. The van der Waals surface area contributed by atoms with Gasteiger partial charge in [-0.1, -0.05) is 6.07 Å². The van der Waals surface area contributed by atoms with Crippen molar-refractivity contribution in [2.75, 3.05) is 25.4 Å². The van der Waals surface area contributed by atoms with Gasteiger partial charge in [0.25, 0.3) is 0 Å². The summed E-state index contributed by atoms with van der Waals surface area (Å²) in [4.78, 5) is 3.58. The van der Waals surface area contributed by atoms with E-state index in [1.807, 2.05) is 5.53 Å². The monoisotopic (exact) mass is 467 g/mol. The van der Waals surface area contributed by atoms with Crippen LogP contribution >= 0.6 is 0 Å². The van der Waals surface area contributed by atoms with Crippen LogP contribution in [0.15, 0.2) is 45.4 Å². The Kier molecular flexibility index (Phi) is 7.19. The van der Waals surface area contributed by atoms with Gasteiger partial charge in [0.2, 0.25) is 10.0 Å². The molecule has 1 aromatic heterocycles. The van der Waals surface area contributed by atoms with E-state index in [1.54, 1.807) is 18.2 Å². The number of benzene rings is 1. The molecule has 31 heavy (non-hydrogen) atoms. The second-order valence-electron chi connectivity index (χ2n) is 6.93. The zero-order valence-electron chi connectivity index (χ0n) is 16.5. The number of aromatic nitrogens is 1. The molecule has 2 atom stereocenters. The highest BCUT2D eigenvalue weighted by Crippen LogP contribution is 2.32. The number of nitrogen functional groups attached to an aromatic ring is 1. The molecule has 0 saturated carbocycles. The van der Waals surface area contributed by atoms with E-state index < -0.39 is 25.9 Å². The van der Waals surface area contributed by atoms with Crippen LogP contribution in [0.4, 0.5) is 5.82 Å². The van der Waals surface area contributed by atoms with Gasteiger partial charge in [-0.25, -0.2) is 38.8 Å². The molecule has 0 amide bonds. The molecule has 1 unspecified atom stereocenters. The van der Waals surface area contributed by atoms with E-state index in [1.165, 1.54) is 12.3 Å². The molecule has 12 nitrogen and oxygen atoms in total. The Morgan fingerprint density at radius 1 is 1.32 bits per heavy atom. The van der Waals surface area contributed by atoms with Gasteiger partial charge in [-0.3, -0.25) is 0 Å². The Hall–Kier alpha value is -2.62. The zero-order valence-corrected chi connectivity index (χ0v) is 18.2. The summed E-state index contributed by atoms with van der Waals surface area (Å²) in [7, 11) is -6.24. The second kappa shape index (κ2) is 9.67. The lowest BCUT2D eigenvalue weighted by Gasteiger charge is -2.18. The Bertz CT molecular complexity index is 1100. The third kappa shape index (κ3) is 5.36. The summed E-state index contributed by atoms with van der Waals surface area (Å²) in [5.41, 5.74) is 14.5. The van der Waals surface area contributed by atoms with Crippen molar-refractivity contribution in [2.45, 2.75) is 16.2 Å². The molecule has 2 heterocycles. The average molecular weight is 468 g/mol. The van der Waals surface area contributed by atoms with E-state index in [-0.39, 0.29) is 28.0 Å². The summed E-state index contributed by atoms with van der Waals surface area (Å²) in [6.45, 7) is 2.12. The standard InChI is InChI=1S/C17H25N9O3S2/c18-14-4-1-11(9-23-14)12-2-3-13(30(27)24-8-10-5-6-22-7-10)16(31(21,28)29)15(12)17(19)25-26-20/h1-4,9-10,22,24,26H,5-8,20H2,(H2,18,23)(H2,19,25)(H2,21,28,29)/t10-,30?/m1/s1. The number of nitrogens with two attached hydrogens (primary N) is 4. The van der Waals surface area contributed by atoms with Crippen LogP contribution in [-0.4, -0.2) is 43.1 Å². The first-order valence-electron chi connectivity index (χ1n) is 9.29. The maximum atomic E-state index is 13.0. The van der Waals surface area contributed by atoms with E-state index in [4.69, 9.17) is 22.4 Å². The van der Waals surface area contributed by atoms with E-state index in [0.717, 1.165) is 19.5 Å². The van der Waals surface area contributed by atoms with Crippen LogP contribution in [0.2, 0.25) is 0 Å². The molecule has 0 radical (unpaired) electrons. The molecule has 1 aliphatic rings. The highest BCUT2D eigenvalue weighted by Gasteiger charge is 2.28. The van der Waals surface area contributed by atoms with Crippen molar-refractivity contribution < 1.29 is 12.6 Å². The van der Waals surface area contributed by atoms with Gasteiger partial charge in [0.05, 0.1) is 4.90 Å². The lowest BCUT2D eigenvalue weighted by molar-refractivity contribution is 0.566. The number of primary sulfonamides is 1. The van der Waals surface area contributed by atoms with Crippen molar-refractivity contribution in [3.8, 4) is 11.1 Å². The highest BCUT2D eigenvalue weighted by atomic mass is 32.2. The van der Waals surface area contributed by atoms with Crippen LogP contribution in [-0.2, 0) is 21.0 Å². The second-order valence-corrected chi connectivity index (χ2v) is 9.70. The number of hydrogen-bond donors (Lipinski definition) is 7. The van der Waals surface area contributed by atoms with Crippen LogP contribution in [0.25, 0.3) is 11.1 Å². The van der Waals surface area contributed by atoms with Crippen molar-refractivity contribution >= 4 is 32.7 Å². The van der Waals surface area contributed by atoms with Gasteiger partial charge in [0, 0.05) is 23.9 Å². The number of hydrazine groups is 1. The van der Waals surface area contributed by atoms with Crippen LogP contribution in [0, 0.1) is 5.92 Å². The molecule has 1 fully saturated rings. The topological polar surface area (TPSA) is 217 Å². The number of sulfonamides is 1. The van der Waals surface area contributed by atoms with Crippen LogP contribution in [0.1, 0.15) is 12.0 Å². The Morgan fingerprint density at radius 2 is 2.10 bits per heavy atom. The lowest BCUT2D eigenvalue weighted by Crippen LogP contribution is -2.30. The molecule has 14 heteroatoms. The SMILES string of the molecule is NN/N=C(\N)c1c(-c2ccc(N)nc2)ccc(S(=O)NC[C@@H]2CCNC2)c1S(N)(=O)=O. The fourth-order valence-electron chi connectivity index (χ4n) is 3.34. The molecule has 1 aromatic carbocycles. The van der Waals surface area contributed by atoms with Gasteiger partial charge < -0.3 is 16.8 Å². The highest BCUT2D eigenvalue weighted by molar-refractivity contribution is 7.90. The number of nitrogens with zero attached hydrogens (tertiary/aromatic N) is 2. The Morgan fingerprint density at radius 3 is 2.68 bits per heavy atom. The van der Waals surface area contributed by atoms with Crippen molar-refractivity contribution in [1.29, 1.82) is 0 Å². The molecule has 168 valence electrons. The largest absolute Gasteiger partial charge is 0.384 e. The third-order valence-electron chi connectivity index (χ3n) is 4.81. The minimum absolute atomic E-state index is 0.0363. The lowest BCUT2D eigenvalue weighted by atomic mass is 10.0. The summed E-state index contributed by atoms with van der Waals surface area (Å²) >= 11 is 0. The van der Waals surface area contributed by atoms with E-state index in [2.05, 4.69) is 20.1 Å². The predicted octanol–water partition coefficient (Wildman–Crippen LogP) is -1.72. The number of nitrogens with one attached hydrogen (secondary N) is 3. The average Bonchev–Trinajstić information content (AvgIpc) is 3.25. The van der Waals surface area contributed by atoms with Gasteiger partial charge in [-0.15, -0.1) is 5.10 Å². The van der Waals surface area contributed by atoms with Gasteiger partial charge in [-0.05, 0) is 49.2 Å². The number of amidine groups is 1. The maximum absolute atomic E-state index is 13.0. The number of hydrazone groups is 1. The van der Waals surface area contributed by atoms with E-state index >= 15 is 0 Å². The number of hydrogen-bond acceptors (Lipinski definition) is 9. The van der Waals surface area contributed by atoms with Crippen LogP contribution in [0.5, 0.6) is 0 Å². The van der Waals surface area contributed by atoms with Crippen molar-refractivity contribution in [3.63, 3.8) is 0 Å². The van der Waals surface area contributed by atoms with Crippen LogP contribution in [0.3, 0.4) is 0 Å². The number of pyridine rings is 1. The van der Waals surface area contributed by atoms with Crippen molar-refractivity contribution in [1.82, 2.24) is 20.6 Å². The van der Waals surface area contributed by atoms with Gasteiger partial charge in [0.1, 0.15) is 21.7 Å². The molecule has 11 N–H and O–H groups in total. The number of anilines is 1. The Balaban J connectivity index is 2.16. The molecular weight excluding hydrogens is 442 g/mol. The molecule has 0 aliphatic carbocycles. The molecule has 3 rings (SSSR count). The van der Waals surface area contributed by atoms with Gasteiger partial charge in [-0.2, -0.15) is 0 Å². The number of rotatable bonds is 8. The normalized spacial score (nSPS) is 18.1. The van der Waals surface area contributed by atoms with Crippen LogP contribution < -0.4 is 38.0 Å². The summed E-state index contributed by atoms with van der Waals surface area (Å²) in [5, 5.41) is 12.5. The Labute approximate surface area is 182 Å². The van der Waals surface area contributed by atoms with E-state index in [9.17, 15) is 12.6 Å². The van der Waals surface area contributed by atoms with Crippen molar-refractivity contribution in [3.05, 3.63) is 36.0 Å². The minimum atomic E-state index is -4.37.